The predicted molar refractivity (Wildman–Crippen MR) is 117 cm³/mol. The zero-order valence-electron chi connectivity index (χ0n) is 17.6. The number of ether oxygens (including phenoxy) is 2. The van der Waals surface area contributed by atoms with Gasteiger partial charge in [-0.3, -0.25) is 0 Å². The van der Waals surface area contributed by atoms with E-state index in [1.807, 2.05) is 43.3 Å². The summed E-state index contributed by atoms with van der Waals surface area (Å²) in [5.74, 6) is 1.24. The van der Waals surface area contributed by atoms with Crippen LogP contribution in [0, 0.1) is 5.82 Å². The second-order valence-corrected chi connectivity index (χ2v) is 7.03. The topological polar surface area (TPSA) is 75.7 Å². The van der Waals surface area contributed by atoms with E-state index in [2.05, 4.69) is 15.6 Å². The standard InChI is InChI=1S/C23H25FN4O3/c1-28(2)21(16-5-4-6-20(13-16)30-3)15-26-23(29)27-18-9-12-22(25-14-18)31-19-10-7-17(24)8-11-19/h4-14,21H,15H2,1-3H3,(H2,26,27,29). The van der Waals surface area contributed by atoms with E-state index in [4.69, 9.17) is 9.47 Å². The van der Waals surface area contributed by atoms with Crippen molar-refractivity contribution in [2.75, 3.05) is 33.1 Å². The van der Waals surface area contributed by atoms with Crippen molar-refractivity contribution in [3.05, 3.63) is 78.2 Å². The number of aromatic nitrogens is 1. The smallest absolute Gasteiger partial charge is 0.319 e. The van der Waals surface area contributed by atoms with Crippen molar-refractivity contribution >= 4 is 11.7 Å². The molecule has 162 valence electrons. The molecule has 31 heavy (non-hydrogen) atoms. The summed E-state index contributed by atoms with van der Waals surface area (Å²) in [5.41, 5.74) is 1.56. The molecule has 2 amide bonds. The molecule has 3 rings (SSSR count). The molecule has 0 aliphatic carbocycles. The average Bonchev–Trinajstić information content (AvgIpc) is 2.77. The Morgan fingerprint density at radius 1 is 1.10 bits per heavy atom. The van der Waals surface area contributed by atoms with Crippen LogP contribution < -0.4 is 20.1 Å². The van der Waals surface area contributed by atoms with Gasteiger partial charge in [0.1, 0.15) is 17.3 Å². The first-order chi connectivity index (χ1) is 14.9. The molecule has 0 radical (unpaired) electrons. The summed E-state index contributed by atoms with van der Waals surface area (Å²) in [4.78, 5) is 18.5. The van der Waals surface area contributed by atoms with Crippen LogP contribution in [0.1, 0.15) is 11.6 Å². The highest BCUT2D eigenvalue weighted by Gasteiger charge is 2.16. The van der Waals surface area contributed by atoms with Crippen LogP contribution in [0.15, 0.2) is 66.9 Å². The van der Waals surface area contributed by atoms with Crippen molar-refractivity contribution in [2.24, 2.45) is 0 Å². The van der Waals surface area contributed by atoms with Gasteiger partial charge < -0.3 is 25.0 Å². The quantitative estimate of drug-likeness (QED) is 0.559. The molecule has 0 saturated heterocycles. The number of pyridine rings is 1. The lowest BCUT2D eigenvalue weighted by Gasteiger charge is -2.25. The summed E-state index contributed by atoms with van der Waals surface area (Å²) >= 11 is 0. The number of nitrogens with one attached hydrogen (secondary N) is 2. The third-order valence-corrected chi connectivity index (χ3v) is 4.59. The number of hydrogen-bond acceptors (Lipinski definition) is 5. The van der Waals surface area contributed by atoms with E-state index in [9.17, 15) is 9.18 Å². The van der Waals surface area contributed by atoms with Gasteiger partial charge in [-0.2, -0.15) is 0 Å². The van der Waals surface area contributed by atoms with Crippen LogP contribution in [0.4, 0.5) is 14.9 Å². The molecule has 0 saturated carbocycles. The van der Waals surface area contributed by atoms with Crippen LogP contribution in [-0.4, -0.2) is 43.7 Å². The van der Waals surface area contributed by atoms with Crippen LogP contribution in [0.2, 0.25) is 0 Å². The molecule has 0 aliphatic rings. The van der Waals surface area contributed by atoms with Gasteiger partial charge in [0.05, 0.1) is 25.0 Å². The van der Waals surface area contributed by atoms with Crippen molar-refractivity contribution in [1.82, 2.24) is 15.2 Å². The van der Waals surface area contributed by atoms with Crippen molar-refractivity contribution in [1.29, 1.82) is 0 Å². The summed E-state index contributed by atoms with van der Waals surface area (Å²) < 4.78 is 23.8. The van der Waals surface area contributed by atoms with Gasteiger partial charge in [-0.25, -0.2) is 14.2 Å². The number of halogens is 1. The normalized spacial score (nSPS) is 11.6. The maximum atomic E-state index is 13.0. The molecule has 1 heterocycles. The highest BCUT2D eigenvalue weighted by atomic mass is 19.1. The Bertz CT molecular complexity index is 994. The first kappa shape index (κ1) is 22.0. The van der Waals surface area contributed by atoms with Gasteiger partial charge in [-0.1, -0.05) is 12.1 Å². The number of benzene rings is 2. The van der Waals surface area contributed by atoms with Gasteiger partial charge >= 0.3 is 6.03 Å². The first-order valence-electron chi connectivity index (χ1n) is 9.69. The monoisotopic (exact) mass is 424 g/mol. The summed E-state index contributed by atoms with van der Waals surface area (Å²) in [5, 5.41) is 5.63. The molecule has 1 atom stereocenters. The molecular weight excluding hydrogens is 399 g/mol. The number of likely N-dealkylation sites (N-methyl/N-ethyl adjacent to an activating group) is 1. The fourth-order valence-electron chi connectivity index (χ4n) is 2.95. The number of carbonyl (C=O) groups is 1. The largest absolute Gasteiger partial charge is 0.497 e. The van der Waals surface area contributed by atoms with E-state index in [1.165, 1.54) is 30.5 Å². The maximum absolute atomic E-state index is 13.0. The van der Waals surface area contributed by atoms with Crippen LogP contribution in [-0.2, 0) is 0 Å². The van der Waals surface area contributed by atoms with E-state index in [-0.39, 0.29) is 17.9 Å². The molecule has 3 aromatic rings. The number of methoxy groups -OCH3 is 1. The van der Waals surface area contributed by atoms with E-state index in [0.717, 1.165) is 11.3 Å². The SMILES string of the molecule is COc1cccc(C(CNC(=O)Nc2ccc(Oc3ccc(F)cc3)nc2)N(C)C)c1. The number of amides is 2. The first-order valence-corrected chi connectivity index (χ1v) is 9.69. The van der Waals surface area contributed by atoms with E-state index >= 15 is 0 Å². The summed E-state index contributed by atoms with van der Waals surface area (Å²) in [6.45, 7) is 0.408. The molecule has 0 spiro atoms. The fraction of sp³-hybridized carbons (Fsp3) is 0.217. The van der Waals surface area contributed by atoms with Crippen LogP contribution in [0.5, 0.6) is 17.4 Å². The lowest BCUT2D eigenvalue weighted by atomic mass is 10.1. The van der Waals surface area contributed by atoms with E-state index in [0.29, 0.717) is 23.9 Å². The Labute approximate surface area is 180 Å². The van der Waals surface area contributed by atoms with Crippen molar-refractivity contribution in [3.63, 3.8) is 0 Å². The Balaban J connectivity index is 1.55. The fourth-order valence-corrected chi connectivity index (χ4v) is 2.95. The molecular formula is C23H25FN4O3. The van der Waals surface area contributed by atoms with Crippen LogP contribution >= 0.6 is 0 Å². The van der Waals surface area contributed by atoms with Crippen LogP contribution in [0.25, 0.3) is 0 Å². The number of nitrogens with zero attached hydrogens (tertiary/aromatic N) is 2. The Hall–Kier alpha value is -3.65. The minimum Gasteiger partial charge on any atom is -0.497 e. The molecule has 0 aliphatic heterocycles. The minimum atomic E-state index is -0.344. The molecule has 8 heteroatoms. The van der Waals surface area contributed by atoms with Gasteiger partial charge in [0.25, 0.3) is 0 Å². The van der Waals surface area contributed by atoms with E-state index < -0.39 is 0 Å². The number of hydrogen-bond donors (Lipinski definition) is 2. The van der Waals surface area contributed by atoms with E-state index in [1.54, 1.807) is 19.2 Å². The van der Waals surface area contributed by atoms with Gasteiger partial charge in [-0.15, -0.1) is 0 Å². The summed E-state index contributed by atoms with van der Waals surface area (Å²) in [6.07, 6.45) is 1.49. The highest BCUT2D eigenvalue weighted by Crippen LogP contribution is 2.23. The second-order valence-electron chi connectivity index (χ2n) is 7.03. The van der Waals surface area contributed by atoms with Crippen molar-refractivity contribution in [2.45, 2.75) is 6.04 Å². The number of carbonyl (C=O) groups excluding carboxylic acids is 1. The second kappa shape index (κ2) is 10.4. The summed E-state index contributed by atoms with van der Waals surface area (Å²) in [7, 11) is 5.53. The minimum absolute atomic E-state index is 0.0227. The average molecular weight is 424 g/mol. The lowest BCUT2D eigenvalue weighted by molar-refractivity contribution is 0.243. The molecule has 1 aromatic heterocycles. The van der Waals surface area contributed by atoms with Crippen LogP contribution in [0.3, 0.4) is 0 Å². The Morgan fingerprint density at radius 3 is 2.52 bits per heavy atom. The Morgan fingerprint density at radius 2 is 1.87 bits per heavy atom. The maximum Gasteiger partial charge on any atom is 0.319 e. The van der Waals surface area contributed by atoms with Gasteiger partial charge in [-0.05, 0) is 62.1 Å². The van der Waals surface area contributed by atoms with Crippen molar-refractivity contribution < 1.29 is 18.7 Å². The molecule has 2 N–H and O–H groups in total. The predicted octanol–water partition coefficient (Wildman–Crippen LogP) is 4.45. The molecule has 2 aromatic carbocycles. The Kier molecular flexibility index (Phi) is 7.40. The number of urea groups is 1. The summed E-state index contributed by atoms with van der Waals surface area (Å²) in [6, 6.07) is 16.3. The zero-order valence-corrected chi connectivity index (χ0v) is 17.6. The highest BCUT2D eigenvalue weighted by molar-refractivity contribution is 5.89. The molecule has 0 fully saturated rings. The molecule has 7 nitrogen and oxygen atoms in total. The number of rotatable bonds is 8. The molecule has 1 unspecified atom stereocenters. The van der Waals surface area contributed by atoms with Gasteiger partial charge in [0.2, 0.25) is 5.88 Å². The third kappa shape index (κ3) is 6.42. The zero-order chi connectivity index (χ0) is 22.2. The lowest BCUT2D eigenvalue weighted by Crippen LogP contribution is -2.36. The van der Waals surface area contributed by atoms with Gasteiger partial charge in [0, 0.05) is 12.6 Å². The third-order valence-electron chi connectivity index (χ3n) is 4.59. The van der Waals surface area contributed by atoms with Gasteiger partial charge in [0.15, 0.2) is 0 Å². The van der Waals surface area contributed by atoms with Crippen molar-refractivity contribution in [3.8, 4) is 17.4 Å². The number of anilines is 1. The molecule has 0 bridgehead atoms.